The molecule has 2 aliphatic rings. The Morgan fingerprint density at radius 1 is 0.931 bits per heavy atom. The van der Waals surface area contributed by atoms with E-state index in [4.69, 9.17) is 14.3 Å². The highest BCUT2D eigenvalue weighted by Gasteiger charge is 2.28. The Bertz CT molecular complexity index is 934. The number of ether oxygens (including phenoxy) is 1. The number of fused-ring (bicyclic) bond motifs is 1. The third-order valence-corrected chi connectivity index (χ3v) is 5.72. The Morgan fingerprint density at radius 2 is 1.66 bits per heavy atom. The van der Waals surface area contributed by atoms with Crippen molar-refractivity contribution in [1.29, 1.82) is 0 Å². The van der Waals surface area contributed by atoms with E-state index in [2.05, 4.69) is 42.5 Å². The molecule has 0 radical (unpaired) electrons. The lowest BCUT2D eigenvalue weighted by molar-refractivity contribution is 0.0115. The Balaban J connectivity index is 1.33. The van der Waals surface area contributed by atoms with Gasteiger partial charge in [-0.05, 0) is 28.7 Å². The average molecular weight is 395 g/mol. The summed E-state index contributed by atoms with van der Waals surface area (Å²) in [6, 6.07) is 10.9. The molecule has 5 rings (SSSR count). The highest BCUT2D eigenvalue weighted by Crippen LogP contribution is 2.28. The van der Waals surface area contributed by atoms with Crippen LogP contribution in [0, 0.1) is 0 Å². The smallest absolute Gasteiger partial charge is 0.245 e. The molecule has 29 heavy (non-hydrogen) atoms. The molecule has 9 nitrogen and oxygen atoms in total. The second-order valence-corrected chi connectivity index (χ2v) is 7.51. The molecule has 0 amide bonds. The normalized spacial score (nSPS) is 19.0. The van der Waals surface area contributed by atoms with Gasteiger partial charge in [0.2, 0.25) is 11.3 Å². The van der Waals surface area contributed by atoms with E-state index in [1.165, 1.54) is 5.56 Å². The maximum Gasteiger partial charge on any atom is 0.245 e. The molecular weight excluding hydrogens is 370 g/mol. The summed E-state index contributed by atoms with van der Waals surface area (Å²) in [4.78, 5) is 14.2. The van der Waals surface area contributed by atoms with Crippen molar-refractivity contribution in [2.24, 2.45) is 0 Å². The summed E-state index contributed by atoms with van der Waals surface area (Å²) < 4.78 is 10.3. The molecule has 0 spiro atoms. The van der Waals surface area contributed by atoms with Gasteiger partial charge in [-0.2, -0.15) is 0 Å². The predicted molar refractivity (Wildman–Crippen MR) is 109 cm³/mol. The van der Waals surface area contributed by atoms with Crippen LogP contribution in [-0.4, -0.2) is 70.6 Å². The van der Waals surface area contributed by atoms with Crippen molar-refractivity contribution >= 4 is 22.9 Å². The highest BCUT2D eigenvalue weighted by atomic mass is 16.6. The number of nitrogens with zero attached hydrogens (tertiary/aromatic N) is 6. The van der Waals surface area contributed by atoms with E-state index in [9.17, 15) is 0 Å². The second-order valence-electron chi connectivity index (χ2n) is 7.51. The SMILES string of the molecule is c1ccc(CNc2nc3nonc3nc2N2CCC(N3CCOCC3)CC2)cc1. The van der Waals surface area contributed by atoms with E-state index in [1.54, 1.807) is 0 Å². The van der Waals surface area contributed by atoms with Gasteiger partial charge in [0.25, 0.3) is 0 Å². The van der Waals surface area contributed by atoms with Crippen LogP contribution >= 0.6 is 0 Å². The first-order valence-corrected chi connectivity index (χ1v) is 10.2. The van der Waals surface area contributed by atoms with Crippen molar-refractivity contribution in [3.05, 3.63) is 35.9 Å². The molecule has 2 saturated heterocycles. The lowest BCUT2D eigenvalue weighted by Gasteiger charge is -2.40. The van der Waals surface area contributed by atoms with Crippen molar-refractivity contribution in [3.8, 4) is 0 Å². The quantitative estimate of drug-likeness (QED) is 0.695. The van der Waals surface area contributed by atoms with E-state index < -0.39 is 0 Å². The number of nitrogens with one attached hydrogen (secondary N) is 1. The van der Waals surface area contributed by atoms with Crippen LogP contribution in [0.4, 0.5) is 11.6 Å². The number of hydrogen-bond donors (Lipinski definition) is 1. The van der Waals surface area contributed by atoms with Gasteiger partial charge in [-0.1, -0.05) is 30.3 Å². The molecule has 1 N–H and O–H groups in total. The van der Waals surface area contributed by atoms with E-state index in [1.807, 2.05) is 18.2 Å². The summed E-state index contributed by atoms with van der Waals surface area (Å²) in [6.45, 7) is 6.30. The first-order valence-electron chi connectivity index (χ1n) is 10.2. The van der Waals surface area contributed by atoms with Gasteiger partial charge in [-0.3, -0.25) is 4.90 Å². The molecule has 2 aromatic heterocycles. The molecule has 2 aliphatic heterocycles. The molecule has 0 saturated carbocycles. The topological polar surface area (TPSA) is 92.4 Å². The van der Waals surface area contributed by atoms with Gasteiger partial charge in [0, 0.05) is 38.8 Å². The highest BCUT2D eigenvalue weighted by molar-refractivity contribution is 5.74. The van der Waals surface area contributed by atoms with Crippen LogP contribution in [0.1, 0.15) is 18.4 Å². The van der Waals surface area contributed by atoms with Crippen molar-refractivity contribution in [2.75, 3.05) is 49.6 Å². The number of benzene rings is 1. The van der Waals surface area contributed by atoms with Crippen LogP contribution in [0.2, 0.25) is 0 Å². The van der Waals surface area contributed by atoms with Gasteiger partial charge in [-0.15, -0.1) is 0 Å². The summed E-state index contributed by atoms with van der Waals surface area (Å²) >= 11 is 0. The third kappa shape index (κ3) is 4.01. The van der Waals surface area contributed by atoms with Gasteiger partial charge in [0.15, 0.2) is 11.6 Å². The van der Waals surface area contributed by atoms with E-state index in [-0.39, 0.29) is 0 Å². The van der Waals surface area contributed by atoms with E-state index in [0.717, 1.165) is 63.9 Å². The van der Waals surface area contributed by atoms with Gasteiger partial charge < -0.3 is 15.0 Å². The Labute approximate surface area is 169 Å². The number of aromatic nitrogens is 4. The zero-order valence-electron chi connectivity index (χ0n) is 16.3. The van der Waals surface area contributed by atoms with Crippen LogP contribution in [0.3, 0.4) is 0 Å². The molecule has 2 fully saturated rings. The van der Waals surface area contributed by atoms with Crippen molar-refractivity contribution in [3.63, 3.8) is 0 Å². The van der Waals surface area contributed by atoms with E-state index in [0.29, 0.717) is 23.9 Å². The lowest BCUT2D eigenvalue weighted by atomic mass is 10.0. The zero-order chi connectivity index (χ0) is 19.5. The number of rotatable bonds is 5. The first-order chi connectivity index (χ1) is 14.4. The summed E-state index contributed by atoms with van der Waals surface area (Å²) in [6.07, 6.45) is 2.21. The van der Waals surface area contributed by atoms with Crippen LogP contribution in [0.15, 0.2) is 35.0 Å². The maximum atomic E-state index is 5.49. The largest absolute Gasteiger partial charge is 0.379 e. The van der Waals surface area contributed by atoms with Crippen LogP contribution in [-0.2, 0) is 11.3 Å². The minimum Gasteiger partial charge on any atom is -0.379 e. The zero-order valence-corrected chi connectivity index (χ0v) is 16.3. The van der Waals surface area contributed by atoms with Crippen LogP contribution in [0.5, 0.6) is 0 Å². The molecule has 0 unspecified atom stereocenters. The minimum absolute atomic E-state index is 0.424. The Morgan fingerprint density at radius 3 is 2.41 bits per heavy atom. The van der Waals surface area contributed by atoms with Gasteiger partial charge in [-0.25, -0.2) is 14.6 Å². The monoisotopic (exact) mass is 395 g/mol. The van der Waals surface area contributed by atoms with E-state index >= 15 is 0 Å². The first kappa shape index (κ1) is 18.3. The number of piperidine rings is 1. The minimum atomic E-state index is 0.424. The summed E-state index contributed by atoms with van der Waals surface area (Å²) in [7, 11) is 0. The molecule has 152 valence electrons. The summed E-state index contributed by atoms with van der Waals surface area (Å²) in [5, 5.41) is 11.2. The standard InChI is InChI=1S/C20H25N7O2/c1-2-4-15(5-3-1)14-21-19-20(23-18-17(22-19)24-29-25-18)27-8-6-16(7-9-27)26-10-12-28-13-11-26/h1-5,16H,6-14H2,(H,21,22,24). The molecule has 3 aromatic rings. The number of morpholine rings is 1. The van der Waals surface area contributed by atoms with Crippen molar-refractivity contribution in [2.45, 2.75) is 25.4 Å². The average Bonchev–Trinajstić information content (AvgIpc) is 3.26. The third-order valence-electron chi connectivity index (χ3n) is 5.72. The van der Waals surface area contributed by atoms with Gasteiger partial charge in [0.1, 0.15) is 0 Å². The molecule has 0 aliphatic carbocycles. The summed E-state index contributed by atoms with van der Waals surface area (Å²) in [5.74, 6) is 1.55. The molecule has 0 bridgehead atoms. The fourth-order valence-electron chi connectivity index (χ4n) is 4.14. The molecule has 4 heterocycles. The Hall–Kier alpha value is -2.78. The molecular formula is C20H25N7O2. The van der Waals surface area contributed by atoms with Crippen LogP contribution in [0.25, 0.3) is 11.3 Å². The van der Waals surface area contributed by atoms with Crippen LogP contribution < -0.4 is 10.2 Å². The van der Waals surface area contributed by atoms with Crippen molar-refractivity contribution in [1.82, 2.24) is 25.2 Å². The number of anilines is 2. The lowest BCUT2D eigenvalue weighted by Crippen LogP contribution is -2.49. The fraction of sp³-hybridized carbons (Fsp3) is 0.500. The maximum absolute atomic E-state index is 5.49. The Kier molecular flexibility index (Phi) is 5.23. The molecule has 9 heteroatoms. The summed E-state index contributed by atoms with van der Waals surface area (Å²) in [5.41, 5.74) is 2.05. The van der Waals surface area contributed by atoms with Gasteiger partial charge in [0.05, 0.1) is 13.2 Å². The second kappa shape index (κ2) is 8.30. The van der Waals surface area contributed by atoms with Gasteiger partial charge >= 0.3 is 0 Å². The number of hydrogen-bond acceptors (Lipinski definition) is 9. The predicted octanol–water partition coefficient (Wildman–Crippen LogP) is 1.93. The van der Waals surface area contributed by atoms with Crippen molar-refractivity contribution < 1.29 is 9.37 Å². The molecule has 1 aromatic carbocycles. The fourth-order valence-corrected chi connectivity index (χ4v) is 4.14. The molecule has 0 atom stereocenters.